The fraction of sp³-hybridized carbons (Fsp3) is 0.0769. The van der Waals surface area contributed by atoms with Gasteiger partial charge in [0, 0.05) is 6.07 Å². The third kappa shape index (κ3) is 3.77. The molecule has 0 fully saturated rings. The van der Waals surface area contributed by atoms with E-state index in [9.17, 15) is 31.7 Å². The second-order valence-electron chi connectivity index (χ2n) is 4.52. The summed E-state index contributed by atoms with van der Waals surface area (Å²) in [5, 5.41) is 10.6. The van der Waals surface area contributed by atoms with E-state index in [4.69, 9.17) is 11.6 Å². The van der Waals surface area contributed by atoms with Gasteiger partial charge in [-0.2, -0.15) is 13.2 Å². The van der Waals surface area contributed by atoms with Gasteiger partial charge < -0.3 is 0 Å². The van der Waals surface area contributed by atoms with E-state index in [2.05, 4.69) is 0 Å². The van der Waals surface area contributed by atoms with E-state index >= 15 is 0 Å². The predicted molar refractivity (Wildman–Crippen MR) is 80.4 cm³/mol. The Morgan fingerprint density at radius 2 is 1.75 bits per heavy atom. The molecule has 0 radical (unpaired) electrons. The zero-order valence-corrected chi connectivity index (χ0v) is 13.1. The van der Waals surface area contributed by atoms with Crippen LogP contribution in [0.2, 0.25) is 5.02 Å². The Labute approximate surface area is 139 Å². The van der Waals surface area contributed by atoms with Crippen LogP contribution in [-0.4, -0.2) is 13.3 Å². The molecule has 128 valence electrons. The summed E-state index contributed by atoms with van der Waals surface area (Å²) in [5.41, 5.74) is -2.37. The van der Waals surface area contributed by atoms with Crippen molar-refractivity contribution in [3.63, 3.8) is 0 Å². The number of nitrogens with one attached hydrogen (secondary N) is 1. The van der Waals surface area contributed by atoms with Crippen LogP contribution < -0.4 is 4.72 Å². The molecule has 0 bridgehead atoms. The summed E-state index contributed by atoms with van der Waals surface area (Å²) in [6.07, 6.45) is -4.70. The Morgan fingerprint density at radius 1 is 1.12 bits per heavy atom. The zero-order valence-electron chi connectivity index (χ0n) is 11.5. The second kappa shape index (κ2) is 6.29. The van der Waals surface area contributed by atoms with Crippen molar-refractivity contribution in [2.75, 3.05) is 4.72 Å². The molecule has 2 aromatic carbocycles. The van der Waals surface area contributed by atoms with E-state index in [1.807, 2.05) is 4.72 Å². The number of sulfonamides is 1. The summed E-state index contributed by atoms with van der Waals surface area (Å²) in [7, 11) is -4.52. The van der Waals surface area contributed by atoms with Crippen molar-refractivity contribution < 1.29 is 26.5 Å². The lowest BCUT2D eigenvalue weighted by Crippen LogP contribution is -2.16. The minimum absolute atomic E-state index is 0.287. The maximum absolute atomic E-state index is 12.7. The number of anilines is 1. The van der Waals surface area contributed by atoms with Crippen LogP contribution in [0.3, 0.4) is 0 Å². The van der Waals surface area contributed by atoms with Crippen LogP contribution in [0.5, 0.6) is 0 Å². The molecule has 0 heterocycles. The molecule has 0 aliphatic rings. The minimum atomic E-state index is -4.70. The van der Waals surface area contributed by atoms with Crippen molar-refractivity contribution in [2.45, 2.75) is 11.1 Å². The molecule has 2 rings (SSSR count). The van der Waals surface area contributed by atoms with Crippen LogP contribution in [-0.2, 0) is 16.2 Å². The third-order valence-corrected chi connectivity index (χ3v) is 4.63. The Morgan fingerprint density at radius 3 is 2.33 bits per heavy atom. The number of alkyl halides is 3. The van der Waals surface area contributed by atoms with E-state index in [1.54, 1.807) is 0 Å². The zero-order chi connectivity index (χ0) is 18.1. The number of benzene rings is 2. The van der Waals surface area contributed by atoms with Crippen molar-refractivity contribution in [1.29, 1.82) is 0 Å². The van der Waals surface area contributed by atoms with Crippen molar-refractivity contribution in [3.05, 3.63) is 63.2 Å². The summed E-state index contributed by atoms with van der Waals surface area (Å²) >= 11 is 5.71. The number of para-hydroxylation sites is 1. The standard InChI is InChI=1S/C13H8ClF3N2O4S/c14-9-6-5-8(13(15,16)17)7-10(9)18-24(22,23)12-4-2-1-3-11(12)19(20)21/h1-7,18H. The van der Waals surface area contributed by atoms with Gasteiger partial charge in [-0.25, -0.2) is 8.42 Å². The molecule has 0 aromatic heterocycles. The molecule has 0 saturated heterocycles. The monoisotopic (exact) mass is 380 g/mol. The molecule has 0 unspecified atom stereocenters. The maximum atomic E-state index is 12.7. The molecule has 6 nitrogen and oxygen atoms in total. The largest absolute Gasteiger partial charge is 0.416 e. The average molecular weight is 381 g/mol. The number of hydrogen-bond donors (Lipinski definition) is 1. The average Bonchev–Trinajstić information content (AvgIpc) is 2.48. The van der Waals surface area contributed by atoms with Crippen LogP contribution in [0, 0.1) is 10.1 Å². The first-order valence-electron chi connectivity index (χ1n) is 6.15. The van der Waals surface area contributed by atoms with E-state index in [0.717, 1.165) is 18.2 Å². The van der Waals surface area contributed by atoms with Gasteiger partial charge in [0.05, 0.1) is 21.2 Å². The first kappa shape index (κ1) is 18.0. The normalized spacial score (nSPS) is 12.0. The lowest BCUT2D eigenvalue weighted by atomic mass is 10.2. The van der Waals surface area contributed by atoms with Crippen molar-refractivity contribution in [2.24, 2.45) is 0 Å². The summed E-state index contributed by atoms with van der Waals surface area (Å²) in [5.74, 6) is 0. The van der Waals surface area contributed by atoms with Crippen molar-refractivity contribution in [1.82, 2.24) is 0 Å². The quantitative estimate of drug-likeness (QED) is 0.639. The molecular weight excluding hydrogens is 373 g/mol. The molecule has 11 heteroatoms. The highest BCUT2D eigenvalue weighted by Gasteiger charge is 2.32. The number of nitrogens with zero attached hydrogens (tertiary/aromatic N) is 1. The van der Waals surface area contributed by atoms with Gasteiger partial charge >= 0.3 is 6.18 Å². The van der Waals surface area contributed by atoms with Crippen LogP contribution >= 0.6 is 11.6 Å². The Balaban J connectivity index is 2.50. The molecule has 0 atom stereocenters. The SMILES string of the molecule is O=[N+]([O-])c1ccccc1S(=O)(=O)Nc1cc(C(F)(F)F)ccc1Cl. The molecule has 1 N–H and O–H groups in total. The van der Waals surface area contributed by atoms with E-state index in [-0.39, 0.29) is 5.02 Å². The number of rotatable bonds is 4. The molecule has 0 saturated carbocycles. The Hall–Kier alpha value is -2.33. The van der Waals surface area contributed by atoms with Crippen LogP contribution in [0.15, 0.2) is 47.4 Å². The highest BCUT2D eigenvalue weighted by atomic mass is 35.5. The summed E-state index contributed by atoms with van der Waals surface area (Å²) < 4.78 is 64.6. The molecule has 0 amide bonds. The van der Waals surface area contributed by atoms with Crippen LogP contribution in [0.25, 0.3) is 0 Å². The van der Waals surface area contributed by atoms with Gasteiger partial charge in [0.15, 0.2) is 4.90 Å². The molecule has 0 spiro atoms. The molecule has 0 aliphatic heterocycles. The topological polar surface area (TPSA) is 89.3 Å². The number of nitro benzene ring substituents is 1. The number of halogens is 4. The summed E-state index contributed by atoms with van der Waals surface area (Å²) in [4.78, 5) is 9.31. The molecular formula is C13H8ClF3N2O4S. The van der Waals surface area contributed by atoms with Gasteiger partial charge in [-0.1, -0.05) is 23.7 Å². The number of nitro groups is 1. The van der Waals surface area contributed by atoms with Gasteiger partial charge in [0.25, 0.3) is 15.7 Å². The predicted octanol–water partition coefficient (Wildman–Crippen LogP) is 4.07. The van der Waals surface area contributed by atoms with Crippen molar-refractivity contribution in [3.8, 4) is 0 Å². The van der Waals surface area contributed by atoms with Gasteiger partial charge in [0.1, 0.15) is 0 Å². The third-order valence-electron chi connectivity index (χ3n) is 2.89. The van der Waals surface area contributed by atoms with E-state index in [1.165, 1.54) is 12.1 Å². The fourth-order valence-corrected chi connectivity index (χ4v) is 3.28. The highest BCUT2D eigenvalue weighted by Crippen LogP contribution is 2.35. The van der Waals surface area contributed by atoms with E-state index < -0.39 is 43.0 Å². The van der Waals surface area contributed by atoms with Crippen LogP contribution in [0.4, 0.5) is 24.5 Å². The molecule has 24 heavy (non-hydrogen) atoms. The molecule has 2 aromatic rings. The van der Waals surface area contributed by atoms with Crippen molar-refractivity contribution >= 4 is 33.0 Å². The van der Waals surface area contributed by atoms with Gasteiger partial charge in [-0.15, -0.1) is 0 Å². The lowest BCUT2D eigenvalue weighted by Gasteiger charge is -2.13. The van der Waals surface area contributed by atoms with Gasteiger partial charge in [-0.05, 0) is 24.3 Å². The Kier molecular flexibility index (Phi) is 4.72. The second-order valence-corrected chi connectivity index (χ2v) is 6.58. The first-order chi connectivity index (χ1) is 11.0. The lowest BCUT2D eigenvalue weighted by molar-refractivity contribution is -0.387. The van der Waals surface area contributed by atoms with Gasteiger partial charge in [0.2, 0.25) is 0 Å². The van der Waals surface area contributed by atoms with Gasteiger partial charge in [-0.3, -0.25) is 14.8 Å². The van der Waals surface area contributed by atoms with E-state index in [0.29, 0.717) is 12.1 Å². The Bertz CT molecular complexity index is 900. The minimum Gasteiger partial charge on any atom is -0.278 e. The summed E-state index contributed by atoms with van der Waals surface area (Å²) in [6, 6.07) is 6.50. The molecule has 0 aliphatic carbocycles. The maximum Gasteiger partial charge on any atom is 0.416 e. The highest BCUT2D eigenvalue weighted by molar-refractivity contribution is 7.92. The fourth-order valence-electron chi connectivity index (χ4n) is 1.81. The van der Waals surface area contributed by atoms with Crippen LogP contribution in [0.1, 0.15) is 5.56 Å². The number of hydrogen-bond acceptors (Lipinski definition) is 4. The first-order valence-corrected chi connectivity index (χ1v) is 8.01. The summed E-state index contributed by atoms with van der Waals surface area (Å²) in [6.45, 7) is 0. The smallest absolute Gasteiger partial charge is 0.278 e.